The largest absolute Gasteiger partial charge is 0.497 e. The Labute approximate surface area is 210 Å². The first kappa shape index (κ1) is 25.0. The fourth-order valence-electron chi connectivity index (χ4n) is 4.02. The number of benzene rings is 3. The first-order valence-electron chi connectivity index (χ1n) is 11.5. The lowest BCUT2D eigenvalue weighted by atomic mass is 10.1. The molecule has 4 rings (SSSR count). The van der Waals surface area contributed by atoms with E-state index in [1.807, 2.05) is 48.5 Å². The zero-order chi connectivity index (χ0) is 24.6. The minimum Gasteiger partial charge on any atom is -0.497 e. The van der Waals surface area contributed by atoms with Crippen molar-refractivity contribution >= 4 is 23.3 Å². The molecule has 6 nitrogen and oxygen atoms in total. The molecule has 1 N–H and O–H groups in total. The Morgan fingerprint density at radius 3 is 2.49 bits per heavy atom. The van der Waals surface area contributed by atoms with Gasteiger partial charge in [-0.2, -0.15) is 0 Å². The van der Waals surface area contributed by atoms with Gasteiger partial charge in [-0.1, -0.05) is 35.9 Å². The predicted molar refractivity (Wildman–Crippen MR) is 135 cm³/mol. The highest BCUT2D eigenvalue weighted by atomic mass is 35.5. The summed E-state index contributed by atoms with van der Waals surface area (Å²) in [5, 5.41) is 3.51. The van der Waals surface area contributed by atoms with E-state index in [1.165, 1.54) is 12.1 Å². The van der Waals surface area contributed by atoms with Crippen molar-refractivity contribution in [3.8, 4) is 5.75 Å². The lowest BCUT2D eigenvalue weighted by Crippen LogP contribution is -2.50. The molecule has 3 aromatic carbocycles. The number of carbonyl (C=O) groups excluding carboxylic acids is 1. The molecular weight excluding hydrogens is 469 g/mol. The van der Waals surface area contributed by atoms with Crippen LogP contribution in [0, 0.1) is 5.82 Å². The van der Waals surface area contributed by atoms with Gasteiger partial charge in [-0.15, -0.1) is 0 Å². The van der Waals surface area contributed by atoms with Crippen LogP contribution >= 0.6 is 11.6 Å². The topological polar surface area (TPSA) is 54.0 Å². The molecule has 35 heavy (non-hydrogen) atoms. The first-order valence-corrected chi connectivity index (χ1v) is 11.9. The number of urea groups is 1. The van der Waals surface area contributed by atoms with Gasteiger partial charge < -0.3 is 19.7 Å². The van der Waals surface area contributed by atoms with Crippen LogP contribution in [0.3, 0.4) is 0 Å². The predicted octanol–water partition coefficient (Wildman–Crippen LogP) is 5.60. The first-order chi connectivity index (χ1) is 17.0. The van der Waals surface area contributed by atoms with Crippen LogP contribution in [0.4, 0.5) is 14.9 Å². The number of methoxy groups -OCH3 is 1. The molecule has 8 heteroatoms. The summed E-state index contributed by atoms with van der Waals surface area (Å²) in [4.78, 5) is 16.7. The Balaban J connectivity index is 1.36. The zero-order valence-electron chi connectivity index (χ0n) is 19.6. The molecule has 0 spiro atoms. The molecule has 0 bridgehead atoms. The summed E-state index contributed by atoms with van der Waals surface area (Å²) in [5.74, 6) is 0.445. The maximum absolute atomic E-state index is 13.1. The van der Waals surface area contributed by atoms with Gasteiger partial charge in [0.1, 0.15) is 11.6 Å². The van der Waals surface area contributed by atoms with Crippen LogP contribution in [-0.2, 0) is 11.3 Å². The molecule has 0 aromatic heterocycles. The number of rotatable bonds is 8. The molecule has 0 aliphatic carbocycles. The van der Waals surface area contributed by atoms with Gasteiger partial charge in [-0.25, -0.2) is 9.18 Å². The Morgan fingerprint density at radius 2 is 1.77 bits per heavy atom. The maximum Gasteiger partial charge on any atom is 0.321 e. The number of piperazine rings is 1. The number of hydrogen-bond acceptors (Lipinski definition) is 4. The van der Waals surface area contributed by atoms with Crippen molar-refractivity contribution in [3.05, 3.63) is 94.8 Å². The molecule has 1 heterocycles. The Hall–Kier alpha value is -3.13. The molecule has 1 fully saturated rings. The molecule has 1 aliphatic rings. The van der Waals surface area contributed by atoms with Crippen molar-refractivity contribution < 1.29 is 18.7 Å². The molecule has 3 aromatic rings. The number of anilines is 1. The number of amides is 2. The van der Waals surface area contributed by atoms with Crippen molar-refractivity contribution in [2.45, 2.75) is 12.7 Å². The SMILES string of the molecule is COc1cccc(C(CN2CCN(C(=O)Nc3ccc(F)cc3)CC2)OCc2cccc(Cl)c2)c1. The third kappa shape index (κ3) is 7.18. The lowest BCUT2D eigenvalue weighted by Gasteiger charge is -2.36. The van der Waals surface area contributed by atoms with Gasteiger partial charge in [-0.3, -0.25) is 4.90 Å². The van der Waals surface area contributed by atoms with Crippen molar-refractivity contribution in [2.75, 3.05) is 45.2 Å². The number of carbonyl (C=O) groups is 1. The van der Waals surface area contributed by atoms with Crippen LogP contribution in [-0.4, -0.2) is 55.7 Å². The van der Waals surface area contributed by atoms with Crippen LogP contribution in [0.2, 0.25) is 5.02 Å². The normalized spacial score (nSPS) is 15.0. The number of halogens is 2. The average molecular weight is 498 g/mol. The van der Waals surface area contributed by atoms with Crippen molar-refractivity contribution in [1.82, 2.24) is 9.80 Å². The molecule has 2 amide bonds. The van der Waals surface area contributed by atoms with Crippen LogP contribution in [0.5, 0.6) is 5.75 Å². The third-order valence-electron chi connectivity index (χ3n) is 5.98. The van der Waals surface area contributed by atoms with Crippen LogP contribution in [0.25, 0.3) is 0 Å². The number of nitrogens with one attached hydrogen (secondary N) is 1. The van der Waals surface area contributed by atoms with Gasteiger partial charge in [-0.05, 0) is 59.7 Å². The molecule has 0 saturated carbocycles. The highest BCUT2D eigenvalue weighted by molar-refractivity contribution is 6.30. The molecule has 184 valence electrons. The Kier molecular flexibility index (Phi) is 8.58. The van der Waals surface area contributed by atoms with Crippen LogP contribution in [0.1, 0.15) is 17.2 Å². The van der Waals surface area contributed by atoms with Gasteiger partial charge in [0, 0.05) is 43.4 Å². The van der Waals surface area contributed by atoms with Gasteiger partial charge >= 0.3 is 6.03 Å². The summed E-state index contributed by atoms with van der Waals surface area (Å²) in [6.45, 7) is 3.73. The van der Waals surface area contributed by atoms with Gasteiger partial charge in [0.15, 0.2) is 0 Å². The lowest BCUT2D eigenvalue weighted by molar-refractivity contribution is 0.00584. The molecule has 1 unspecified atom stereocenters. The summed E-state index contributed by atoms with van der Waals surface area (Å²) in [5.41, 5.74) is 2.61. The van der Waals surface area contributed by atoms with Crippen LogP contribution in [0.15, 0.2) is 72.8 Å². The molecule has 1 saturated heterocycles. The minimum atomic E-state index is -0.334. The Bertz CT molecular complexity index is 1120. The summed E-state index contributed by atoms with van der Waals surface area (Å²) in [6.07, 6.45) is -0.177. The summed E-state index contributed by atoms with van der Waals surface area (Å²) in [7, 11) is 1.65. The highest BCUT2D eigenvalue weighted by Gasteiger charge is 2.24. The van der Waals surface area contributed by atoms with Gasteiger partial charge in [0.05, 0.1) is 19.8 Å². The maximum atomic E-state index is 13.1. The fourth-order valence-corrected chi connectivity index (χ4v) is 4.24. The monoisotopic (exact) mass is 497 g/mol. The molecule has 1 aliphatic heterocycles. The number of nitrogens with zero attached hydrogens (tertiary/aromatic N) is 2. The van der Waals surface area contributed by atoms with Crippen molar-refractivity contribution in [1.29, 1.82) is 0 Å². The van der Waals surface area contributed by atoms with E-state index >= 15 is 0 Å². The summed E-state index contributed by atoms with van der Waals surface area (Å²) >= 11 is 6.14. The van der Waals surface area contributed by atoms with E-state index in [-0.39, 0.29) is 18.0 Å². The van der Waals surface area contributed by atoms with E-state index in [0.29, 0.717) is 37.0 Å². The van der Waals surface area contributed by atoms with E-state index in [2.05, 4.69) is 10.2 Å². The highest BCUT2D eigenvalue weighted by Crippen LogP contribution is 2.25. The summed E-state index contributed by atoms with van der Waals surface area (Å²) < 4.78 is 24.9. The fraction of sp³-hybridized carbons (Fsp3) is 0.296. The van der Waals surface area contributed by atoms with E-state index in [0.717, 1.165) is 30.0 Å². The third-order valence-corrected chi connectivity index (χ3v) is 6.22. The zero-order valence-corrected chi connectivity index (χ0v) is 20.4. The van der Waals surface area contributed by atoms with E-state index in [1.54, 1.807) is 24.1 Å². The minimum absolute atomic E-state index is 0.177. The van der Waals surface area contributed by atoms with Crippen molar-refractivity contribution in [2.24, 2.45) is 0 Å². The molecule has 0 radical (unpaired) electrons. The van der Waals surface area contributed by atoms with Gasteiger partial charge in [0.25, 0.3) is 0 Å². The number of ether oxygens (including phenoxy) is 2. The molecular formula is C27H29ClFN3O3. The molecule has 1 atom stereocenters. The van der Waals surface area contributed by atoms with Crippen molar-refractivity contribution in [3.63, 3.8) is 0 Å². The quantitative estimate of drug-likeness (QED) is 0.440. The van der Waals surface area contributed by atoms with E-state index < -0.39 is 0 Å². The van der Waals surface area contributed by atoms with Gasteiger partial charge in [0.2, 0.25) is 0 Å². The van der Waals surface area contributed by atoms with E-state index in [4.69, 9.17) is 21.1 Å². The van der Waals surface area contributed by atoms with E-state index in [9.17, 15) is 9.18 Å². The van der Waals surface area contributed by atoms with Crippen LogP contribution < -0.4 is 10.1 Å². The Morgan fingerprint density at radius 1 is 1.03 bits per heavy atom. The smallest absolute Gasteiger partial charge is 0.321 e. The average Bonchev–Trinajstić information content (AvgIpc) is 2.88. The summed E-state index contributed by atoms with van der Waals surface area (Å²) in [6, 6.07) is 21.1. The number of hydrogen-bond donors (Lipinski definition) is 1. The second-order valence-corrected chi connectivity index (χ2v) is 8.87. The second-order valence-electron chi connectivity index (χ2n) is 8.43. The second kappa shape index (κ2) is 12.0. The standard InChI is InChI=1S/C27H29ClFN3O3/c1-34-25-7-3-5-21(17-25)26(35-19-20-4-2-6-22(28)16-20)18-31-12-14-32(15-13-31)27(33)30-24-10-8-23(29)9-11-24/h2-11,16-17,26H,12-15,18-19H2,1H3,(H,30,33).